The molecule has 0 bridgehead atoms. The Hall–Kier alpha value is -1.77. The molecule has 3 heteroatoms. The molecule has 1 aliphatic rings. The monoisotopic (exact) mass is 325 g/mol. The third kappa shape index (κ3) is 4.00. The second-order valence-electron chi connectivity index (χ2n) is 7.64. The molecule has 1 aromatic carbocycles. The number of nitrogen functional groups attached to an aromatic ring is 1. The zero-order valence-corrected chi connectivity index (χ0v) is 15.2. The van der Waals surface area contributed by atoms with Gasteiger partial charge in [0, 0.05) is 18.2 Å². The molecule has 1 fully saturated rings. The van der Waals surface area contributed by atoms with E-state index in [1.165, 1.54) is 55.5 Å². The lowest BCUT2D eigenvalue weighted by Gasteiger charge is -2.22. The van der Waals surface area contributed by atoms with Gasteiger partial charge in [0.2, 0.25) is 5.95 Å². The summed E-state index contributed by atoms with van der Waals surface area (Å²) in [6, 6.07) is 11.2. The summed E-state index contributed by atoms with van der Waals surface area (Å²) in [5.74, 6) is 1.34. The van der Waals surface area contributed by atoms with Gasteiger partial charge in [0.1, 0.15) is 0 Å². The summed E-state index contributed by atoms with van der Waals surface area (Å²) in [5, 5.41) is 0. The average Bonchev–Trinajstić information content (AvgIpc) is 2.75. The Bertz CT molecular complexity index is 635. The van der Waals surface area contributed by atoms with Gasteiger partial charge in [-0.15, -0.1) is 0 Å². The second kappa shape index (κ2) is 7.87. The molecule has 0 aliphatic heterocycles. The van der Waals surface area contributed by atoms with E-state index in [0.717, 1.165) is 18.8 Å². The zero-order valence-electron chi connectivity index (χ0n) is 15.2. The van der Waals surface area contributed by atoms with Crippen molar-refractivity contribution in [3.05, 3.63) is 47.3 Å². The van der Waals surface area contributed by atoms with E-state index in [0.29, 0.717) is 12.0 Å². The third-order valence-corrected chi connectivity index (χ3v) is 5.13. The molecule has 2 aromatic rings. The summed E-state index contributed by atoms with van der Waals surface area (Å²) >= 11 is 0. The molecule has 0 spiro atoms. The molecule has 0 unspecified atom stereocenters. The first-order valence-electron chi connectivity index (χ1n) is 9.54. The fraction of sp³-hybridized carbons (Fsp3) is 0.571. The van der Waals surface area contributed by atoms with Crippen molar-refractivity contribution in [3.8, 4) is 0 Å². The van der Waals surface area contributed by atoms with Crippen LogP contribution in [-0.4, -0.2) is 9.55 Å². The number of hydrogen-bond acceptors (Lipinski definition) is 2. The van der Waals surface area contributed by atoms with Crippen molar-refractivity contribution < 1.29 is 0 Å². The number of nitrogens with two attached hydrogens (primary N) is 1. The van der Waals surface area contributed by atoms with Crippen molar-refractivity contribution in [2.24, 2.45) is 5.92 Å². The van der Waals surface area contributed by atoms with Crippen molar-refractivity contribution >= 4 is 5.95 Å². The minimum atomic E-state index is 0.540. The van der Waals surface area contributed by atoms with E-state index >= 15 is 0 Å². The van der Waals surface area contributed by atoms with Gasteiger partial charge in [-0.3, -0.25) is 0 Å². The standard InChI is InChI=1S/C21H31N3/c1-16(2)14-20-19(15-17-10-6-5-7-11-17)23-21(22)24(20)18-12-8-3-4-9-13-18/h5-7,10-11,16,18H,3-4,8-9,12-15H2,1-2H3,(H2,22,23). The molecule has 1 aliphatic carbocycles. The Morgan fingerprint density at radius 2 is 1.75 bits per heavy atom. The fourth-order valence-corrected chi connectivity index (χ4v) is 3.99. The average molecular weight is 326 g/mol. The van der Waals surface area contributed by atoms with Crippen LogP contribution in [-0.2, 0) is 12.8 Å². The number of aromatic nitrogens is 2. The highest BCUT2D eigenvalue weighted by Crippen LogP contribution is 2.33. The molecular formula is C21H31N3. The molecule has 3 rings (SSSR count). The van der Waals surface area contributed by atoms with Gasteiger partial charge in [-0.2, -0.15) is 0 Å². The maximum Gasteiger partial charge on any atom is 0.200 e. The number of imidazole rings is 1. The first-order chi connectivity index (χ1) is 11.6. The van der Waals surface area contributed by atoms with Gasteiger partial charge in [-0.05, 0) is 30.7 Å². The summed E-state index contributed by atoms with van der Waals surface area (Å²) < 4.78 is 2.39. The molecular weight excluding hydrogens is 294 g/mol. The smallest absolute Gasteiger partial charge is 0.200 e. The molecule has 0 atom stereocenters. The third-order valence-electron chi connectivity index (χ3n) is 5.13. The predicted molar refractivity (Wildman–Crippen MR) is 101 cm³/mol. The summed E-state index contributed by atoms with van der Waals surface area (Å²) in [6.45, 7) is 4.57. The zero-order chi connectivity index (χ0) is 16.9. The molecule has 3 nitrogen and oxygen atoms in total. The highest BCUT2D eigenvalue weighted by atomic mass is 15.2. The quantitative estimate of drug-likeness (QED) is 0.773. The molecule has 1 aromatic heterocycles. The Balaban J connectivity index is 1.94. The number of rotatable bonds is 5. The van der Waals surface area contributed by atoms with Crippen molar-refractivity contribution in [3.63, 3.8) is 0 Å². The van der Waals surface area contributed by atoms with Crippen molar-refractivity contribution in [2.45, 2.75) is 71.3 Å². The van der Waals surface area contributed by atoms with E-state index in [1.54, 1.807) is 0 Å². The van der Waals surface area contributed by atoms with E-state index < -0.39 is 0 Å². The summed E-state index contributed by atoms with van der Waals surface area (Å²) in [6.07, 6.45) is 9.79. The van der Waals surface area contributed by atoms with Gasteiger partial charge in [0.15, 0.2) is 0 Å². The highest BCUT2D eigenvalue weighted by Gasteiger charge is 2.23. The molecule has 0 radical (unpaired) electrons. The lowest BCUT2D eigenvalue weighted by Crippen LogP contribution is -2.16. The molecule has 1 saturated carbocycles. The summed E-state index contributed by atoms with van der Waals surface area (Å²) in [5.41, 5.74) is 10.3. The fourth-order valence-electron chi connectivity index (χ4n) is 3.99. The van der Waals surface area contributed by atoms with Gasteiger partial charge in [0.25, 0.3) is 0 Å². The van der Waals surface area contributed by atoms with Crippen LogP contribution >= 0.6 is 0 Å². The lowest BCUT2D eigenvalue weighted by atomic mass is 10.0. The number of anilines is 1. The summed E-state index contributed by atoms with van der Waals surface area (Å²) in [7, 11) is 0. The maximum absolute atomic E-state index is 6.41. The molecule has 1 heterocycles. The van der Waals surface area contributed by atoms with Crippen LogP contribution in [0.4, 0.5) is 5.95 Å². The van der Waals surface area contributed by atoms with Gasteiger partial charge in [-0.25, -0.2) is 4.98 Å². The lowest BCUT2D eigenvalue weighted by molar-refractivity contribution is 0.428. The van der Waals surface area contributed by atoms with Crippen molar-refractivity contribution in [2.75, 3.05) is 5.73 Å². The Kier molecular flexibility index (Phi) is 5.60. The van der Waals surface area contributed by atoms with Crippen LogP contribution in [0.15, 0.2) is 30.3 Å². The van der Waals surface area contributed by atoms with Crippen LogP contribution in [0.25, 0.3) is 0 Å². The van der Waals surface area contributed by atoms with E-state index in [-0.39, 0.29) is 0 Å². The van der Waals surface area contributed by atoms with E-state index in [1.807, 2.05) is 0 Å². The van der Waals surface area contributed by atoms with Crippen LogP contribution in [0.5, 0.6) is 0 Å². The molecule has 2 N–H and O–H groups in total. The number of hydrogen-bond donors (Lipinski definition) is 1. The molecule has 0 amide bonds. The van der Waals surface area contributed by atoms with E-state index in [4.69, 9.17) is 10.7 Å². The topological polar surface area (TPSA) is 43.8 Å². The number of nitrogens with zero attached hydrogens (tertiary/aromatic N) is 2. The van der Waals surface area contributed by atoms with Crippen LogP contribution in [0.2, 0.25) is 0 Å². The van der Waals surface area contributed by atoms with E-state index in [9.17, 15) is 0 Å². The van der Waals surface area contributed by atoms with Gasteiger partial charge < -0.3 is 10.3 Å². The molecule has 130 valence electrons. The van der Waals surface area contributed by atoms with Crippen LogP contribution in [0, 0.1) is 5.92 Å². The SMILES string of the molecule is CC(C)Cc1c(Cc2ccccc2)nc(N)n1C1CCCCCC1. The molecule has 0 saturated heterocycles. The van der Waals surface area contributed by atoms with Crippen molar-refractivity contribution in [1.82, 2.24) is 9.55 Å². The first kappa shape index (κ1) is 17.1. The van der Waals surface area contributed by atoms with Gasteiger partial charge >= 0.3 is 0 Å². The first-order valence-corrected chi connectivity index (χ1v) is 9.54. The van der Waals surface area contributed by atoms with Gasteiger partial charge in [-0.1, -0.05) is 69.9 Å². The molecule has 24 heavy (non-hydrogen) atoms. The largest absolute Gasteiger partial charge is 0.369 e. The number of benzene rings is 1. The van der Waals surface area contributed by atoms with Crippen LogP contribution in [0.1, 0.15) is 75.4 Å². The van der Waals surface area contributed by atoms with Crippen molar-refractivity contribution in [1.29, 1.82) is 0 Å². The van der Waals surface area contributed by atoms with E-state index in [2.05, 4.69) is 48.7 Å². The second-order valence-corrected chi connectivity index (χ2v) is 7.64. The highest BCUT2D eigenvalue weighted by molar-refractivity contribution is 5.34. The minimum absolute atomic E-state index is 0.540. The Labute approximate surface area is 146 Å². The minimum Gasteiger partial charge on any atom is -0.369 e. The Morgan fingerprint density at radius 3 is 2.38 bits per heavy atom. The van der Waals surface area contributed by atoms with Crippen LogP contribution in [0.3, 0.4) is 0 Å². The predicted octanol–water partition coefficient (Wildman–Crippen LogP) is 5.15. The van der Waals surface area contributed by atoms with Gasteiger partial charge in [0.05, 0.1) is 5.69 Å². The maximum atomic E-state index is 6.41. The van der Waals surface area contributed by atoms with Crippen LogP contribution < -0.4 is 5.73 Å². The normalized spacial score (nSPS) is 16.5. The summed E-state index contributed by atoms with van der Waals surface area (Å²) in [4.78, 5) is 4.81. The Morgan fingerprint density at radius 1 is 1.08 bits per heavy atom.